The maximum atomic E-state index is 13.9. The van der Waals surface area contributed by atoms with Gasteiger partial charge < -0.3 is 36.8 Å². The highest BCUT2D eigenvalue weighted by atomic mass is 16.4. The van der Waals surface area contributed by atoms with Crippen molar-refractivity contribution in [3.8, 4) is 0 Å². The predicted molar refractivity (Wildman–Crippen MR) is 204 cm³/mol. The molecule has 15 heteroatoms. The summed E-state index contributed by atoms with van der Waals surface area (Å²) in [4.78, 5) is 103. The molecule has 0 bridgehead atoms. The largest absolute Gasteiger partial charge is 0.481 e. The van der Waals surface area contributed by atoms with Crippen LogP contribution in [0.15, 0.2) is 30.3 Å². The van der Waals surface area contributed by atoms with Crippen LogP contribution in [0.4, 0.5) is 0 Å². The molecule has 1 fully saturated rings. The molecular weight excluding hydrogens is 710 g/mol. The zero-order valence-corrected chi connectivity index (χ0v) is 33.1. The van der Waals surface area contributed by atoms with Crippen molar-refractivity contribution in [1.29, 1.82) is 0 Å². The second-order valence-electron chi connectivity index (χ2n) is 16.0. The number of aliphatic carboxylic acids is 2. The van der Waals surface area contributed by atoms with Crippen molar-refractivity contribution in [3.05, 3.63) is 35.9 Å². The number of hydrogen-bond donors (Lipinski definition) is 7. The van der Waals surface area contributed by atoms with E-state index in [-0.39, 0.29) is 54.8 Å². The minimum Gasteiger partial charge on any atom is -0.481 e. The summed E-state index contributed by atoms with van der Waals surface area (Å²) >= 11 is 0. The Labute approximate surface area is 323 Å². The highest BCUT2D eigenvalue weighted by molar-refractivity contribution is 6.38. The molecule has 1 aliphatic carbocycles. The Kier molecular flexibility index (Phi) is 19.0. The minimum absolute atomic E-state index is 0.0271. The van der Waals surface area contributed by atoms with Crippen molar-refractivity contribution in [2.75, 3.05) is 6.54 Å². The molecule has 0 aliphatic heterocycles. The Morgan fingerprint density at radius 3 is 1.95 bits per heavy atom. The number of amides is 5. The van der Waals surface area contributed by atoms with Gasteiger partial charge >= 0.3 is 11.9 Å². The monoisotopic (exact) mass is 771 g/mol. The van der Waals surface area contributed by atoms with E-state index < -0.39 is 72.1 Å². The lowest BCUT2D eigenvalue weighted by Crippen LogP contribution is -2.58. The van der Waals surface area contributed by atoms with E-state index in [1.165, 1.54) is 12.1 Å². The maximum Gasteiger partial charge on any atom is 0.330 e. The van der Waals surface area contributed by atoms with Gasteiger partial charge in [-0.15, -0.1) is 0 Å². The number of Topliss-reactive ketones (excluding diaryl/α,β-unsaturated/α-hetero) is 1. The number of ketones is 1. The molecule has 7 N–H and O–H groups in total. The van der Waals surface area contributed by atoms with Crippen LogP contribution in [0.25, 0.3) is 0 Å². The van der Waals surface area contributed by atoms with Crippen LogP contribution in [-0.2, 0) is 38.4 Å². The van der Waals surface area contributed by atoms with Crippen LogP contribution in [0.5, 0.6) is 0 Å². The zero-order chi connectivity index (χ0) is 41.3. The Hall–Kier alpha value is -4.82. The molecule has 0 spiro atoms. The average molecular weight is 772 g/mol. The molecule has 2 rings (SSSR count). The normalized spacial score (nSPS) is 16.1. The number of rotatable bonds is 22. The average Bonchev–Trinajstić information content (AvgIpc) is 3.12. The molecule has 1 aliphatic rings. The standard InChI is InChI=1S/C40H61N5O10/c1-7-14-28(35(50)38(53)41-23-31(47)45-34(39(54)55)26-17-12-9-13-18-26)42-36(51)29(21-24(2)3)43-37(52)33(25-15-10-8-11-16-25)44-30(46)20-19-27(22-32(48)49)40(4,5)6/h9,12-13,17-18,24-25,27-29,33-34H,7-8,10-11,14-16,19-23H2,1-6H3,(H,41,53)(H,42,51)(H,43,52)(H,44,46)(H,45,47)(H,48,49)(H,54,55)/t27?,28?,29-,33-,34-/m0/s1. The Morgan fingerprint density at radius 2 is 1.40 bits per heavy atom. The minimum atomic E-state index is -1.38. The molecule has 306 valence electrons. The van der Waals surface area contributed by atoms with Gasteiger partial charge in [0.2, 0.25) is 29.4 Å². The van der Waals surface area contributed by atoms with Gasteiger partial charge in [-0.1, -0.05) is 97.6 Å². The Bertz CT molecular complexity index is 1490. The first-order valence-corrected chi connectivity index (χ1v) is 19.3. The maximum absolute atomic E-state index is 13.9. The van der Waals surface area contributed by atoms with Crippen molar-refractivity contribution >= 4 is 47.3 Å². The third kappa shape index (κ3) is 16.2. The summed E-state index contributed by atoms with van der Waals surface area (Å²) in [5.41, 5.74) is -0.0364. The van der Waals surface area contributed by atoms with Crippen molar-refractivity contribution in [2.45, 2.75) is 136 Å². The van der Waals surface area contributed by atoms with Crippen LogP contribution in [0, 0.1) is 23.2 Å². The summed E-state index contributed by atoms with van der Waals surface area (Å²) in [6.45, 7) is 10.5. The lowest BCUT2D eigenvalue weighted by atomic mass is 9.76. The second-order valence-corrected chi connectivity index (χ2v) is 16.0. The lowest BCUT2D eigenvalue weighted by molar-refractivity contribution is -0.142. The molecule has 0 radical (unpaired) electrons. The first-order chi connectivity index (χ1) is 25.8. The summed E-state index contributed by atoms with van der Waals surface area (Å²) in [5.74, 6) is -7.41. The molecule has 0 heterocycles. The molecule has 0 saturated heterocycles. The van der Waals surface area contributed by atoms with Gasteiger partial charge in [0.15, 0.2) is 6.04 Å². The molecule has 2 unspecified atom stereocenters. The van der Waals surface area contributed by atoms with Gasteiger partial charge in [0.25, 0.3) is 5.91 Å². The van der Waals surface area contributed by atoms with Crippen molar-refractivity contribution in [1.82, 2.24) is 26.6 Å². The summed E-state index contributed by atoms with van der Waals surface area (Å²) in [6.07, 6.45) is 5.10. The van der Waals surface area contributed by atoms with E-state index in [4.69, 9.17) is 0 Å². The van der Waals surface area contributed by atoms with E-state index >= 15 is 0 Å². The molecule has 5 amide bonds. The van der Waals surface area contributed by atoms with Crippen LogP contribution in [0.1, 0.15) is 124 Å². The number of benzene rings is 1. The third-order valence-corrected chi connectivity index (χ3v) is 9.95. The zero-order valence-electron chi connectivity index (χ0n) is 33.1. The van der Waals surface area contributed by atoms with Crippen molar-refractivity contribution < 1.29 is 48.6 Å². The van der Waals surface area contributed by atoms with E-state index in [2.05, 4.69) is 26.6 Å². The topological polar surface area (TPSA) is 237 Å². The number of hydrogen-bond acceptors (Lipinski definition) is 8. The van der Waals surface area contributed by atoms with E-state index in [0.717, 1.165) is 19.3 Å². The summed E-state index contributed by atoms with van der Waals surface area (Å²) in [6, 6.07) is 3.26. The van der Waals surface area contributed by atoms with Gasteiger partial charge in [0.1, 0.15) is 12.1 Å². The van der Waals surface area contributed by atoms with Gasteiger partial charge in [-0.05, 0) is 60.8 Å². The second kappa shape index (κ2) is 22.5. The number of carbonyl (C=O) groups is 8. The summed E-state index contributed by atoms with van der Waals surface area (Å²) < 4.78 is 0. The van der Waals surface area contributed by atoms with E-state index in [1.807, 2.05) is 34.6 Å². The van der Waals surface area contributed by atoms with Crippen LogP contribution >= 0.6 is 0 Å². The Morgan fingerprint density at radius 1 is 0.782 bits per heavy atom. The fourth-order valence-corrected chi connectivity index (χ4v) is 6.81. The van der Waals surface area contributed by atoms with E-state index in [0.29, 0.717) is 31.2 Å². The van der Waals surface area contributed by atoms with Gasteiger partial charge in [0.05, 0.1) is 12.6 Å². The van der Waals surface area contributed by atoms with E-state index in [9.17, 15) is 48.6 Å². The predicted octanol–water partition coefficient (Wildman–Crippen LogP) is 3.41. The molecule has 15 nitrogen and oxygen atoms in total. The molecule has 1 saturated carbocycles. The van der Waals surface area contributed by atoms with Gasteiger partial charge in [-0.3, -0.25) is 33.6 Å². The van der Waals surface area contributed by atoms with Gasteiger partial charge in [-0.25, -0.2) is 4.79 Å². The van der Waals surface area contributed by atoms with Gasteiger partial charge in [-0.2, -0.15) is 0 Å². The molecule has 5 atom stereocenters. The quantitative estimate of drug-likeness (QED) is 0.0849. The fourth-order valence-electron chi connectivity index (χ4n) is 6.81. The number of carbonyl (C=O) groups excluding carboxylic acids is 6. The van der Waals surface area contributed by atoms with Crippen LogP contribution in [0.2, 0.25) is 0 Å². The highest BCUT2D eigenvalue weighted by Gasteiger charge is 2.36. The summed E-state index contributed by atoms with van der Waals surface area (Å²) in [5, 5.41) is 31.8. The van der Waals surface area contributed by atoms with Crippen molar-refractivity contribution in [3.63, 3.8) is 0 Å². The molecule has 0 aromatic heterocycles. The van der Waals surface area contributed by atoms with Crippen LogP contribution in [0.3, 0.4) is 0 Å². The first-order valence-electron chi connectivity index (χ1n) is 19.3. The highest BCUT2D eigenvalue weighted by Crippen LogP contribution is 2.33. The van der Waals surface area contributed by atoms with Gasteiger partial charge in [0, 0.05) is 12.8 Å². The molecule has 1 aromatic rings. The van der Waals surface area contributed by atoms with Crippen LogP contribution < -0.4 is 26.6 Å². The van der Waals surface area contributed by atoms with Crippen molar-refractivity contribution in [2.24, 2.45) is 23.2 Å². The Balaban J connectivity index is 2.15. The molecule has 1 aromatic carbocycles. The molecular formula is C40H61N5O10. The SMILES string of the molecule is CCCC(NC(=O)[C@H](CC(C)C)NC(=O)[C@@H](NC(=O)CCC(CC(=O)O)C(C)(C)C)C1CCCCC1)C(=O)C(=O)NCC(=O)N[C@H](C(=O)O)c1ccccc1. The first kappa shape index (κ1) is 46.3. The van der Waals surface area contributed by atoms with E-state index in [1.54, 1.807) is 25.1 Å². The number of nitrogens with one attached hydrogen (secondary N) is 5. The summed E-state index contributed by atoms with van der Waals surface area (Å²) in [7, 11) is 0. The molecule has 55 heavy (non-hydrogen) atoms. The third-order valence-electron chi connectivity index (χ3n) is 9.95. The fraction of sp³-hybridized carbons (Fsp3) is 0.650. The number of carboxylic acids is 2. The number of carboxylic acid groups (broad SMARTS) is 2. The van der Waals surface area contributed by atoms with Crippen LogP contribution in [-0.4, -0.2) is 82.1 Å². The smallest absolute Gasteiger partial charge is 0.330 e. The lowest BCUT2D eigenvalue weighted by Gasteiger charge is -2.32.